The Hall–Kier alpha value is -1.58. The van der Waals surface area contributed by atoms with Crippen LogP contribution in [0.3, 0.4) is 0 Å². The first-order valence-corrected chi connectivity index (χ1v) is 9.46. The first kappa shape index (κ1) is 17.2. The van der Waals surface area contributed by atoms with Gasteiger partial charge < -0.3 is 9.88 Å². The molecule has 0 bridgehead atoms. The van der Waals surface area contributed by atoms with Crippen molar-refractivity contribution in [3.05, 3.63) is 22.5 Å². The van der Waals surface area contributed by atoms with Crippen LogP contribution in [-0.2, 0) is 0 Å². The van der Waals surface area contributed by atoms with E-state index < -0.39 is 0 Å². The maximum absolute atomic E-state index is 13.3. The van der Waals surface area contributed by atoms with Crippen LogP contribution in [0.15, 0.2) is 0 Å². The predicted molar refractivity (Wildman–Crippen MR) is 95.5 cm³/mol. The number of rotatable bonds is 5. The molecule has 4 nitrogen and oxygen atoms in total. The molecule has 3 rings (SSSR count). The second-order valence-corrected chi connectivity index (χ2v) is 7.71. The molecule has 1 aromatic heterocycles. The Morgan fingerprint density at radius 3 is 2.00 bits per heavy atom. The van der Waals surface area contributed by atoms with Gasteiger partial charge in [-0.1, -0.05) is 13.3 Å². The van der Waals surface area contributed by atoms with Crippen molar-refractivity contribution in [1.29, 1.82) is 0 Å². The van der Waals surface area contributed by atoms with Crippen LogP contribution in [0.4, 0.5) is 0 Å². The van der Waals surface area contributed by atoms with Crippen molar-refractivity contribution in [3.8, 4) is 0 Å². The number of carbonyl (C=O) groups excluding carboxylic acids is 2. The Morgan fingerprint density at radius 1 is 1.04 bits per heavy atom. The minimum Gasteiger partial charge on any atom is -0.354 e. The zero-order chi connectivity index (χ0) is 17.4. The van der Waals surface area contributed by atoms with Crippen LogP contribution in [0, 0.1) is 19.8 Å². The molecule has 2 saturated carbocycles. The molecule has 4 heteroatoms. The number of ketones is 1. The lowest BCUT2D eigenvalue weighted by atomic mass is 9.83. The van der Waals surface area contributed by atoms with Crippen molar-refractivity contribution >= 4 is 11.7 Å². The second-order valence-electron chi connectivity index (χ2n) is 7.71. The molecule has 132 valence electrons. The molecule has 0 saturated heterocycles. The second kappa shape index (κ2) is 6.73. The molecule has 0 unspecified atom stereocenters. The van der Waals surface area contributed by atoms with Crippen molar-refractivity contribution in [3.63, 3.8) is 0 Å². The molecule has 0 aliphatic heterocycles. The third-order valence-electron chi connectivity index (χ3n) is 5.97. The monoisotopic (exact) mass is 330 g/mol. The number of aromatic amines is 1. The molecule has 1 aromatic rings. The number of H-pyrrole nitrogens is 1. The van der Waals surface area contributed by atoms with E-state index in [9.17, 15) is 9.59 Å². The Labute approximate surface area is 145 Å². The highest BCUT2D eigenvalue weighted by Crippen LogP contribution is 2.37. The smallest absolute Gasteiger partial charge is 0.271 e. The van der Waals surface area contributed by atoms with E-state index in [1.54, 1.807) is 6.92 Å². The molecule has 1 amide bonds. The standard InChI is InChI=1S/C20H30N2O2/c1-5-15-6-8-16(9-7-15)22(17-10-11-17)20(24)19-12(2)18(14(4)23)13(3)21-19/h15-17,21H,5-11H2,1-4H3. The third kappa shape index (κ3) is 3.15. The number of aromatic nitrogens is 1. The average Bonchev–Trinajstić information content (AvgIpc) is 3.33. The Morgan fingerprint density at radius 2 is 1.58 bits per heavy atom. The van der Waals surface area contributed by atoms with Gasteiger partial charge in [-0.2, -0.15) is 0 Å². The van der Waals surface area contributed by atoms with Crippen LogP contribution in [-0.4, -0.2) is 33.7 Å². The van der Waals surface area contributed by atoms with Gasteiger partial charge >= 0.3 is 0 Å². The number of nitrogens with zero attached hydrogens (tertiary/aromatic N) is 1. The molecule has 0 atom stereocenters. The van der Waals surface area contributed by atoms with Gasteiger partial charge in [0.05, 0.1) is 0 Å². The minimum absolute atomic E-state index is 0.0294. The van der Waals surface area contributed by atoms with E-state index in [1.165, 1.54) is 19.3 Å². The fourth-order valence-electron chi connectivity index (χ4n) is 4.43. The average molecular weight is 330 g/mol. The summed E-state index contributed by atoms with van der Waals surface area (Å²) in [4.78, 5) is 30.5. The van der Waals surface area contributed by atoms with Gasteiger partial charge in [-0.3, -0.25) is 9.59 Å². The molecule has 2 fully saturated rings. The maximum Gasteiger partial charge on any atom is 0.271 e. The quantitative estimate of drug-likeness (QED) is 0.813. The SMILES string of the molecule is CCC1CCC(N(C(=O)c2[nH]c(C)c(C(C)=O)c2C)C2CC2)CC1. The van der Waals surface area contributed by atoms with E-state index in [2.05, 4.69) is 16.8 Å². The summed E-state index contributed by atoms with van der Waals surface area (Å²) in [5.74, 6) is 0.962. The van der Waals surface area contributed by atoms with Crippen molar-refractivity contribution in [2.45, 2.75) is 84.7 Å². The van der Waals surface area contributed by atoms with Gasteiger partial charge in [0.15, 0.2) is 5.78 Å². The zero-order valence-corrected chi connectivity index (χ0v) is 15.4. The highest BCUT2D eigenvalue weighted by Gasteiger charge is 2.40. The van der Waals surface area contributed by atoms with Gasteiger partial charge in [0.1, 0.15) is 5.69 Å². The van der Waals surface area contributed by atoms with Crippen LogP contribution >= 0.6 is 0 Å². The molecule has 2 aliphatic carbocycles. The van der Waals surface area contributed by atoms with Crippen LogP contribution < -0.4 is 0 Å². The first-order valence-electron chi connectivity index (χ1n) is 9.46. The van der Waals surface area contributed by atoms with Crippen molar-refractivity contribution in [2.75, 3.05) is 0 Å². The minimum atomic E-state index is 0.0294. The topological polar surface area (TPSA) is 53.2 Å². The summed E-state index contributed by atoms with van der Waals surface area (Å²) in [6.07, 6.45) is 8.22. The number of hydrogen-bond donors (Lipinski definition) is 1. The predicted octanol–water partition coefficient (Wildman–Crippen LogP) is 4.41. The van der Waals surface area contributed by atoms with E-state index in [4.69, 9.17) is 0 Å². The zero-order valence-electron chi connectivity index (χ0n) is 15.4. The van der Waals surface area contributed by atoms with Crippen LogP contribution in [0.2, 0.25) is 0 Å². The van der Waals surface area contributed by atoms with E-state index in [-0.39, 0.29) is 11.7 Å². The number of carbonyl (C=O) groups is 2. The number of aryl methyl sites for hydroxylation is 1. The van der Waals surface area contributed by atoms with Crippen molar-refractivity contribution < 1.29 is 9.59 Å². The van der Waals surface area contributed by atoms with E-state index in [0.717, 1.165) is 42.9 Å². The largest absolute Gasteiger partial charge is 0.354 e. The molecule has 0 spiro atoms. The van der Waals surface area contributed by atoms with Crippen molar-refractivity contribution in [2.24, 2.45) is 5.92 Å². The van der Waals surface area contributed by atoms with E-state index in [1.807, 2.05) is 13.8 Å². The Kier molecular flexibility index (Phi) is 4.84. The summed E-state index contributed by atoms with van der Waals surface area (Å²) in [6.45, 7) is 7.62. The molecule has 0 radical (unpaired) electrons. The summed E-state index contributed by atoms with van der Waals surface area (Å²) < 4.78 is 0. The van der Waals surface area contributed by atoms with Gasteiger partial charge in [0.25, 0.3) is 5.91 Å². The van der Waals surface area contributed by atoms with Crippen LogP contribution in [0.25, 0.3) is 0 Å². The molecular weight excluding hydrogens is 300 g/mol. The molecule has 1 N–H and O–H groups in total. The van der Waals surface area contributed by atoms with Gasteiger partial charge in [0.2, 0.25) is 0 Å². The van der Waals surface area contributed by atoms with Gasteiger partial charge in [0, 0.05) is 23.3 Å². The van der Waals surface area contributed by atoms with Crippen molar-refractivity contribution in [1.82, 2.24) is 9.88 Å². The normalized spacial score (nSPS) is 24.0. The molecule has 1 heterocycles. The van der Waals surface area contributed by atoms with Gasteiger partial charge in [-0.05, 0) is 70.8 Å². The molecule has 24 heavy (non-hydrogen) atoms. The Balaban J connectivity index is 1.84. The van der Waals surface area contributed by atoms with Crippen LogP contribution in [0.5, 0.6) is 0 Å². The number of nitrogens with one attached hydrogen (secondary N) is 1. The summed E-state index contributed by atoms with van der Waals surface area (Å²) >= 11 is 0. The number of hydrogen-bond acceptors (Lipinski definition) is 2. The maximum atomic E-state index is 13.3. The number of Topliss-reactive ketones (excluding diaryl/α,β-unsaturated/α-hetero) is 1. The lowest BCUT2D eigenvalue weighted by molar-refractivity contribution is 0.0581. The summed E-state index contributed by atoms with van der Waals surface area (Å²) in [6, 6.07) is 0.779. The fourth-order valence-corrected chi connectivity index (χ4v) is 4.43. The van der Waals surface area contributed by atoms with Gasteiger partial charge in [-0.15, -0.1) is 0 Å². The third-order valence-corrected chi connectivity index (χ3v) is 5.97. The van der Waals surface area contributed by atoms with E-state index in [0.29, 0.717) is 23.3 Å². The van der Waals surface area contributed by atoms with Crippen LogP contribution in [0.1, 0.15) is 90.9 Å². The fraction of sp³-hybridized carbons (Fsp3) is 0.700. The lowest BCUT2D eigenvalue weighted by Gasteiger charge is -2.37. The lowest BCUT2D eigenvalue weighted by Crippen LogP contribution is -2.44. The molecule has 0 aromatic carbocycles. The molecule has 2 aliphatic rings. The molecular formula is C20H30N2O2. The van der Waals surface area contributed by atoms with Gasteiger partial charge in [-0.25, -0.2) is 0 Å². The summed E-state index contributed by atoms with van der Waals surface area (Å²) in [5, 5.41) is 0. The van der Waals surface area contributed by atoms with E-state index >= 15 is 0 Å². The highest BCUT2D eigenvalue weighted by molar-refractivity contribution is 6.02. The Bertz CT molecular complexity index is 634. The summed E-state index contributed by atoms with van der Waals surface area (Å²) in [7, 11) is 0. The first-order chi connectivity index (χ1) is 11.4. The summed E-state index contributed by atoms with van der Waals surface area (Å²) in [5.41, 5.74) is 2.94. The highest BCUT2D eigenvalue weighted by atomic mass is 16.2. The number of amides is 1.